The van der Waals surface area contributed by atoms with Gasteiger partial charge in [-0.3, -0.25) is 0 Å². The number of aromatic carboxylic acids is 1. The highest BCUT2D eigenvalue weighted by molar-refractivity contribution is 7.98. The zero-order valence-electron chi connectivity index (χ0n) is 10.2. The Morgan fingerprint density at radius 2 is 1.95 bits per heavy atom. The van der Waals surface area contributed by atoms with Crippen molar-refractivity contribution in [3.63, 3.8) is 0 Å². The van der Waals surface area contributed by atoms with E-state index in [2.05, 4.69) is 4.98 Å². The van der Waals surface area contributed by atoms with Crippen LogP contribution in [-0.4, -0.2) is 22.3 Å². The number of carboxylic acids is 1. The van der Waals surface area contributed by atoms with Gasteiger partial charge in [-0.05, 0) is 37.5 Å². The molecule has 0 amide bonds. The van der Waals surface area contributed by atoms with E-state index >= 15 is 0 Å². The monoisotopic (exact) mass is 291 g/mol. The molecule has 0 aromatic carbocycles. The molecule has 19 heavy (non-hydrogen) atoms. The first-order valence-corrected chi connectivity index (χ1v) is 6.99. The molecule has 0 unspecified atom stereocenters. The van der Waals surface area contributed by atoms with Crippen molar-refractivity contribution in [2.45, 2.75) is 36.9 Å². The number of rotatable bonds is 2. The summed E-state index contributed by atoms with van der Waals surface area (Å²) in [5, 5.41) is 9.03. The Kier molecular flexibility index (Phi) is 3.75. The molecule has 1 aliphatic rings. The lowest BCUT2D eigenvalue weighted by Gasteiger charge is -2.23. The van der Waals surface area contributed by atoms with Crippen LogP contribution in [0, 0.1) is 0 Å². The molecule has 0 saturated carbocycles. The molecule has 0 saturated heterocycles. The fourth-order valence-corrected chi connectivity index (χ4v) is 2.97. The second kappa shape index (κ2) is 5.03. The summed E-state index contributed by atoms with van der Waals surface area (Å²) in [5.41, 5.74) is -1.25. The Morgan fingerprint density at radius 1 is 1.32 bits per heavy atom. The summed E-state index contributed by atoms with van der Waals surface area (Å²) in [7, 11) is 0. The predicted molar refractivity (Wildman–Crippen MR) is 64.6 cm³/mol. The van der Waals surface area contributed by atoms with Crippen LogP contribution in [0.4, 0.5) is 13.2 Å². The molecule has 0 fully saturated rings. The van der Waals surface area contributed by atoms with Crippen LogP contribution in [0.15, 0.2) is 5.03 Å². The maximum Gasteiger partial charge on any atom is 0.417 e. The van der Waals surface area contributed by atoms with E-state index in [9.17, 15) is 18.0 Å². The van der Waals surface area contributed by atoms with Crippen LogP contribution in [0.2, 0.25) is 0 Å². The SMILES string of the molecule is CSc1nc2c(c(C(F)(F)F)c1C(=O)O)CCCC2. The van der Waals surface area contributed by atoms with Crippen LogP contribution in [0.3, 0.4) is 0 Å². The maximum absolute atomic E-state index is 13.2. The van der Waals surface area contributed by atoms with Gasteiger partial charge in [0.2, 0.25) is 0 Å². The van der Waals surface area contributed by atoms with Gasteiger partial charge in [0.25, 0.3) is 0 Å². The lowest BCUT2D eigenvalue weighted by molar-refractivity contribution is -0.139. The zero-order valence-corrected chi connectivity index (χ0v) is 11.0. The van der Waals surface area contributed by atoms with Crippen LogP contribution < -0.4 is 0 Å². The second-order valence-electron chi connectivity index (χ2n) is 4.31. The van der Waals surface area contributed by atoms with Crippen molar-refractivity contribution >= 4 is 17.7 Å². The molecule has 2 rings (SSSR count). The summed E-state index contributed by atoms with van der Waals surface area (Å²) in [6.07, 6.45) is -0.988. The van der Waals surface area contributed by atoms with Crippen molar-refractivity contribution in [3.05, 3.63) is 22.4 Å². The largest absolute Gasteiger partial charge is 0.478 e. The number of hydrogen-bond acceptors (Lipinski definition) is 3. The zero-order chi connectivity index (χ0) is 14.2. The second-order valence-corrected chi connectivity index (χ2v) is 5.10. The van der Waals surface area contributed by atoms with Gasteiger partial charge in [-0.2, -0.15) is 13.2 Å². The number of pyridine rings is 1. The normalized spacial score (nSPS) is 15.2. The third kappa shape index (κ3) is 2.56. The van der Waals surface area contributed by atoms with Crippen LogP contribution in [0.5, 0.6) is 0 Å². The van der Waals surface area contributed by atoms with E-state index < -0.39 is 23.3 Å². The van der Waals surface area contributed by atoms with Gasteiger partial charge in [0, 0.05) is 5.69 Å². The molecule has 1 aromatic heterocycles. The summed E-state index contributed by atoms with van der Waals surface area (Å²) in [5.74, 6) is -1.57. The number of carbonyl (C=O) groups is 1. The molecular weight excluding hydrogens is 279 g/mol. The van der Waals surface area contributed by atoms with E-state index in [1.54, 1.807) is 0 Å². The minimum Gasteiger partial charge on any atom is -0.478 e. The fourth-order valence-electron chi connectivity index (χ4n) is 2.38. The van der Waals surface area contributed by atoms with Crippen molar-refractivity contribution in [1.82, 2.24) is 4.98 Å². The lowest BCUT2D eigenvalue weighted by atomic mass is 9.89. The highest BCUT2D eigenvalue weighted by Gasteiger charge is 2.41. The summed E-state index contributed by atoms with van der Waals surface area (Å²) >= 11 is 0.935. The van der Waals surface area contributed by atoms with Gasteiger partial charge in [-0.25, -0.2) is 9.78 Å². The van der Waals surface area contributed by atoms with Crippen molar-refractivity contribution in [3.8, 4) is 0 Å². The molecule has 0 bridgehead atoms. The summed E-state index contributed by atoms with van der Waals surface area (Å²) in [6.45, 7) is 0. The molecule has 1 N–H and O–H groups in total. The van der Waals surface area contributed by atoms with Gasteiger partial charge in [-0.15, -0.1) is 11.8 Å². The first-order valence-electron chi connectivity index (χ1n) is 5.76. The number of alkyl halides is 3. The third-order valence-corrected chi connectivity index (χ3v) is 3.81. The molecule has 0 aliphatic heterocycles. The smallest absolute Gasteiger partial charge is 0.417 e. The first-order chi connectivity index (χ1) is 8.86. The van der Waals surface area contributed by atoms with E-state index in [1.165, 1.54) is 6.26 Å². The number of thioether (sulfide) groups is 1. The highest BCUT2D eigenvalue weighted by atomic mass is 32.2. The van der Waals surface area contributed by atoms with Crippen molar-refractivity contribution in [2.75, 3.05) is 6.26 Å². The molecule has 0 radical (unpaired) electrons. The summed E-state index contributed by atoms with van der Waals surface area (Å²) in [6, 6.07) is 0. The molecule has 1 heterocycles. The van der Waals surface area contributed by atoms with Gasteiger partial charge in [-0.1, -0.05) is 0 Å². The number of nitrogens with zero attached hydrogens (tertiary/aromatic N) is 1. The third-order valence-electron chi connectivity index (χ3n) is 3.13. The Bertz CT molecular complexity index is 529. The molecule has 0 atom stereocenters. The number of fused-ring (bicyclic) bond motifs is 1. The van der Waals surface area contributed by atoms with Crippen molar-refractivity contribution < 1.29 is 23.1 Å². The quantitative estimate of drug-likeness (QED) is 0.848. The predicted octanol–water partition coefficient (Wildman–Crippen LogP) is 3.40. The molecule has 0 spiro atoms. The van der Waals surface area contributed by atoms with Crippen molar-refractivity contribution in [2.24, 2.45) is 0 Å². The maximum atomic E-state index is 13.2. The Hall–Kier alpha value is -1.24. The standard InChI is InChI=1S/C12H12F3NO2S/c1-19-10-8(11(17)18)9(12(13,14)15)6-4-2-3-5-7(6)16-10/h2-5H2,1H3,(H,17,18). The number of halogens is 3. The Labute approximate surface area is 112 Å². The molecule has 104 valence electrons. The number of aryl methyl sites for hydroxylation is 1. The van der Waals surface area contributed by atoms with Crippen molar-refractivity contribution in [1.29, 1.82) is 0 Å². The molecule has 7 heteroatoms. The minimum atomic E-state index is -4.66. The first kappa shape index (κ1) is 14.2. The summed E-state index contributed by atoms with van der Waals surface area (Å²) < 4.78 is 39.6. The lowest BCUT2D eigenvalue weighted by Crippen LogP contribution is -2.22. The minimum absolute atomic E-state index is 0.0551. The van der Waals surface area contributed by atoms with Crippen LogP contribution in [0.25, 0.3) is 0 Å². The van der Waals surface area contributed by atoms with Crippen LogP contribution in [-0.2, 0) is 19.0 Å². The van der Waals surface area contributed by atoms with E-state index in [-0.39, 0.29) is 17.0 Å². The molecular formula is C12H12F3NO2S. The number of hydrogen-bond donors (Lipinski definition) is 1. The van der Waals surface area contributed by atoms with E-state index in [4.69, 9.17) is 5.11 Å². The number of aromatic nitrogens is 1. The molecule has 1 aliphatic carbocycles. The Balaban J connectivity index is 2.80. The van der Waals surface area contributed by atoms with Crippen LogP contribution >= 0.6 is 11.8 Å². The van der Waals surface area contributed by atoms with E-state index in [0.29, 0.717) is 18.5 Å². The fraction of sp³-hybridized carbons (Fsp3) is 0.500. The van der Waals surface area contributed by atoms with E-state index in [1.807, 2.05) is 0 Å². The van der Waals surface area contributed by atoms with Gasteiger partial charge >= 0.3 is 12.1 Å². The Morgan fingerprint density at radius 3 is 2.47 bits per heavy atom. The van der Waals surface area contributed by atoms with E-state index in [0.717, 1.165) is 18.2 Å². The van der Waals surface area contributed by atoms with Gasteiger partial charge in [0.15, 0.2) is 0 Å². The average molecular weight is 291 g/mol. The number of carboxylic acid groups (broad SMARTS) is 1. The molecule has 3 nitrogen and oxygen atoms in total. The van der Waals surface area contributed by atoms with Gasteiger partial charge in [0.1, 0.15) is 10.6 Å². The highest BCUT2D eigenvalue weighted by Crippen LogP contribution is 2.40. The molecule has 1 aromatic rings. The topological polar surface area (TPSA) is 50.2 Å². The summed E-state index contributed by atoms with van der Waals surface area (Å²) in [4.78, 5) is 15.3. The van der Waals surface area contributed by atoms with Gasteiger partial charge < -0.3 is 5.11 Å². The van der Waals surface area contributed by atoms with Crippen LogP contribution in [0.1, 0.15) is 40.0 Å². The van der Waals surface area contributed by atoms with Gasteiger partial charge in [0.05, 0.1) is 5.56 Å². The average Bonchev–Trinajstić information content (AvgIpc) is 2.34.